The maximum Gasteiger partial charge on any atom is 0.494 e. The maximum atomic E-state index is 10.9. The van der Waals surface area contributed by atoms with Gasteiger partial charge in [0.05, 0.1) is 40.7 Å². The van der Waals surface area contributed by atoms with Gasteiger partial charge in [-0.1, -0.05) is 25.3 Å². The zero-order chi connectivity index (χ0) is 18.6. The van der Waals surface area contributed by atoms with E-state index in [1.807, 2.05) is 18.5 Å². The summed E-state index contributed by atoms with van der Waals surface area (Å²) in [6.07, 6.45) is 7.03. The normalized spacial score (nSPS) is 24.3. The summed E-state index contributed by atoms with van der Waals surface area (Å²) in [5.74, 6) is 0. The molecule has 2 heterocycles. The van der Waals surface area contributed by atoms with Crippen LogP contribution in [0.25, 0.3) is 11.0 Å². The summed E-state index contributed by atoms with van der Waals surface area (Å²) < 4.78 is 14.4. The molecule has 0 unspecified atom stereocenters. The molecule has 1 saturated carbocycles. The molecule has 1 aromatic carbocycles. The lowest BCUT2D eigenvalue weighted by Gasteiger charge is -2.32. The Morgan fingerprint density at radius 3 is 2.38 bits per heavy atom. The van der Waals surface area contributed by atoms with Gasteiger partial charge in [-0.25, -0.2) is 4.98 Å². The van der Waals surface area contributed by atoms with Crippen LogP contribution in [0.3, 0.4) is 0 Å². The van der Waals surface area contributed by atoms with Crippen molar-refractivity contribution in [2.24, 2.45) is 0 Å². The van der Waals surface area contributed by atoms with E-state index in [1.165, 1.54) is 6.42 Å². The number of aliphatic hydroxyl groups is 1. The first kappa shape index (κ1) is 18.0. The smallest absolute Gasteiger partial charge is 0.399 e. The third-order valence-electron chi connectivity index (χ3n) is 6.42. The number of benzene rings is 1. The third kappa shape index (κ3) is 3.08. The molecule has 1 saturated heterocycles. The molecule has 1 N–H and O–H groups in total. The Kier molecular flexibility index (Phi) is 4.21. The minimum atomic E-state index is -0.601. The van der Waals surface area contributed by atoms with Gasteiger partial charge in [0.25, 0.3) is 0 Å². The van der Waals surface area contributed by atoms with E-state index < -0.39 is 5.60 Å². The average Bonchev–Trinajstić information content (AvgIpc) is 3.05. The zero-order valence-electron chi connectivity index (χ0n) is 16.3. The summed E-state index contributed by atoms with van der Waals surface area (Å²) in [4.78, 5) is 4.56. The van der Waals surface area contributed by atoms with Gasteiger partial charge in [-0.3, -0.25) is 0 Å². The molecule has 0 atom stereocenters. The van der Waals surface area contributed by atoms with Crippen molar-refractivity contribution in [2.45, 2.75) is 83.1 Å². The van der Waals surface area contributed by atoms with E-state index in [1.54, 1.807) is 0 Å². The Morgan fingerprint density at radius 2 is 1.73 bits per heavy atom. The Bertz CT molecular complexity index is 792. The highest BCUT2D eigenvalue weighted by Crippen LogP contribution is 2.36. The first-order chi connectivity index (χ1) is 12.2. The fourth-order valence-corrected chi connectivity index (χ4v) is 4.02. The third-order valence-corrected chi connectivity index (χ3v) is 6.42. The number of fused-ring (bicyclic) bond motifs is 1. The molecule has 1 aromatic heterocycles. The van der Waals surface area contributed by atoms with Crippen LogP contribution in [0.4, 0.5) is 0 Å². The van der Waals surface area contributed by atoms with Crippen molar-refractivity contribution >= 4 is 23.6 Å². The first-order valence-corrected chi connectivity index (χ1v) is 9.72. The molecule has 0 bridgehead atoms. The van der Waals surface area contributed by atoms with Gasteiger partial charge in [0.2, 0.25) is 0 Å². The van der Waals surface area contributed by atoms with Gasteiger partial charge in [0, 0.05) is 0 Å². The van der Waals surface area contributed by atoms with Gasteiger partial charge < -0.3 is 19.0 Å². The molecule has 2 aliphatic rings. The molecule has 1 aliphatic carbocycles. The van der Waals surface area contributed by atoms with E-state index in [4.69, 9.17) is 9.31 Å². The van der Waals surface area contributed by atoms with E-state index in [0.717, 1.165) is 42.2 Å². The maximum absolute atomic E-state index is 10.9. The van der Waals surface area contributed by atoms with E-state index in [9.17, 15) is 5.11 Å². The number of aromatic nitrogens is 2. The van der Waals surface area contributed by atoms with Crippen molar-refractivity contribution < 1.29 is 14.4 Å². The molecule has 1 aliphatic heterocycles. The van der Waals surface area contributed by atoms with Crippen molar-refractivity contribution in [1.29, 1.82) is 0 Å². The van der Waals surface area contributed by atoms with E-state index in [0.29, 0.717) is 6.54 Å². The lowest BCUT2D eigenvalue weighted by molar-refractivity contribution is -0.0105. The molecule has 0 radical (unpaired) electrons. The predicted octanol–water partition coefficient (Wildman–Crippen LogP) is 3.03. The predicted molar refractivity (Wildman–Crippen MR) is 103 cm³/mol. The minimum Gasteiger partial charge on any atom is -0.399 e. The van der Waals surface area contributed by atoms with Gasteiger partial charge in [0.1, 0.15) is 0 Å². The Hall–Kier alpha value is -1.37. The van der Waals surface area contributed by atoms with Gasteiger partial charge in [-0.2, -0.15) is 0 Å². The summed E-state index contributed by atoms with van der Waals surface area (Å²) in [7, 11) is -0.378. The largest absolute Gasteiger partial charge is 0.494 e. The molecule has 0 spiro atoms. The van der Waals surface area contributed by atoms with Crippen molar-refractivity contribution in [3.63, 3.8) is 0 Å². The molecular weight excluding hydrogens is 327 g/mol. The molecule has 4 rings (SSSR count). The van der Waals surface area contributed by atoms with Gasteiger partial charge >= 0.3 is 7.12 Å². The Labute approximate surface area is 155 Å². The number of rotatable bonds is 3. The second kappa shape index (κ2) is 6.08. The fraction of sp³-hybridized carbons (Fsp3) is 0.650. The number of imidazole rings is 1. The molecule has 26 heavy (non-hydrogen) atoms. The van der Waals surface area contributed by atoms with Crippen molar-refractivity contribution in [3.8, 4) is 0 Å². The summed E-state index contributed by atoms with van der Waals surface area (Å²) in [6.45, 7) is 8.85. The van der Waals surface area contributed by atoms with Crippen molar-refractivity contribution in [2.75, 3.05) is 0 Å². The highest BCUT2D eigenvalue weighted by atomic mass is 16.7. The van der Waals surface area contributed by atoms with Crippen LogP contribution in [0.2, 0.25) is 0 Å². The van der Waals surface area contributed by atoms with Crippen LogP contribution in [-0.4, -0.2) is 38.6 Å². The molecular formula is C20H29BN2O3. The van der Waals surface area contributed by atoms with Crippen LogP contribution >= 0.6 is 0 Å². The summed E-state index contributed by atoms with van der Waals surface area (Å²) in [5, 5.41) is 10.9. The quantitative estimate of drug-likeness (QED) is 0.859. The molecule has 0 amide bonds. The van der Waals surface area contributed by atoms with Gasteiger partial charge in [-0.15, -0.1) is 0 Å². The molecule has 6 heteroatoms. The number of hydrogen-bond donors (Lipinski definition) is 1. The van der Waals surface area contributed by atoms with E-state index in [-0.39, 0.29) is 18.3 Å². The second-order valence-corrected chi connectivity index (χ2v) is 8.99. The first-order valence-electron chi connectivity index (χ1n) is 9.72. The lowest BCUT2D eigenvalue weighted by atomic mass is 9.79. The van der Waals surface area contributed by atoms with Gasteiger partial charge in [-0.05, 0) is 58.1 Å². The van der Waals surface area contributed by atoms with Gasteiger partial charge in [0.15, 0.2) is 0 Å². The van der Waals surface area contributed by atoms with Crippen LogP contribution in [0.15, 0.2) is 24.5 Å². The Morgan fingerprint density at radius 1 is 1.08 bits per heavy atom. The number of nitrogens with zero attached hydrogens (tertiary/aromatic N) is 2. The van der Waals surface area contributed by atoms with Crippen LogP contribution in [-0.2, 0) is 15.9 Å². The molecule has 2 fully saturated rings. The fourth-order valence-electron chi connectivity index (χ4n) is 4.02. The standard InChI is InChI=1S/C20H29BN2O3/c1-18(2)19(3,4)26-21(25-18)15-8-9-17-16(12-15)22-14-23(17)13-20(24)10-6-5-7-11-20/h8-9,12,14,24H,5-7,10-11,13H2,1-4H3. The van der Waals surface area contributed by atoms with Crippen molar-refractivity contribution in [3.05, 3.63) is 24.5 Å². The highest BCUT2D eigenvalue weighted by molar-refractivity contribution is 6.62. The zero-order valence-corrected chi connectivity index (χ0v) is 16.3. The summed E-state index contributed by atoms with van der Waals surface area (Å²) >= 11 is 0. The molecule has 5 nitrogen and oxygen atoms in total. The number of hydrogen-bond acceptors (Lipinski definition) is 4. The van der Waals surface area contributed by atoms with Crippen LogP contribution in [0.5, 0.6) is 0 Å². The summed E-state index contributed by atoms with van der Waals surface area (Å²) in [6, 6.07) is 6.15. The topological polar surface area (TPSA) is 56.5 Å². The Balaban J connectivity index is 1.58. The van der Waals surface area contributed by atoms with E-state index >= 15 is 0 Å². The van der Waals surface area contributed by atoms with Crippen LogP contribution in [0.1, 0.15) is 59.8 Å². The monoisotopic (exact) mass is 356 g/mol. The minimum absolute atomic E-state index is 0.351. The second-order valence-electron chi connectivity index (χ2n) is 8.99. The SMILES string of the molecule is CC1(C)OB(c2ccc3c(c2)ncn3CC2(O)CCCCC2)OC1(C)C. The van der Waals surface area contributed by atoms with Crippen LogP contribution in [0, 0.1) is 0 Å². The molecule has 2 aromatic rings. The van der Waals surface area contributed by atoms with Crippen LogP contribution < -0.4 is 5.46 Å². The van der Waals surface area contributed by atoms with Crippen molar-refractivity contribution in [1.82, 2.24) is 9.55 Å². The average molecular weight is 356 g/mol. The lowest BCUT2D eigenvalue weighted by Crippen LogP contribution is -2.41. The summed E-state index contributed by atoms with van der Waals surface area (Å²) in [5.41, 5.74) is 1.64. The van der Waals surface area contributed by atoms with E-state index in [2.05, 4.69) is 43.3 Å². The molecule has 140 valence electrons. The highest BCUT2D eigenvalue weighted by Gasteiger charge is 2.51.